The molecular formula is C21H23ClN8O2S. The fourth-order valence-electron chi connectivity index (χ4n) is 4.35. The highest BCUT2D eigenvalue weighted by Crippen LogP contribution is 2.36. The molecule has 1 saturated heterocycles. The lowest BCUT2D eigenvalue weighted by atomic mass is 10.0. The molecule has 0 spiro atoms. The van der Waals surface area contributed by atoms with Gasteiger partial charge in [0.2, 0.25) is 10.0 Å². The molecule has 1 fully saturated rings. The number of halogens is 1. The van der Waals surface area contributed by atoms with Crippen LogP contribution in [0.2, 0.25) is 5.02 Å². The van der Waals surface area contributed by atoms with Crippen LogP contribution in [0.5, 0.6) is 0 Å². The summed E-state index contributed by atoms with van der Waals surface area (Å²) in [5, 5.41) is 4.85. The molecule has 33 heavy (non-hydrogen) atoms. The van der Waals surface area contributed by atoms with Crippen LogP contribution in [0.4, 0.5) is 11.5 Å². The van der Waals surface area contributed by atoms with Gasteiger partial charge in [-0.15, -0.1) is 0 Å². The Balaban J connectivity index is 1.44. The molecule has 1 aliphatic heterocycles. The van der Waals surface area contributed by atoms with Crippen molar-refractivity contribution in [3.05, 3.63) is 47.6 Å². The number of aromatic nitrogens is 5. The van der Waals surface area contributed by atoms with E-state index in [9.17, 15) is 8.42 Å². The summed E-state index contributed by atoms with van der Waals surface area (Å²) in [6.45, 7) is 1.89. The number of hydrogen-bond acceptors (Lipinski definition) is 8. The third-order valence-corrected chi connectivity index (χ3v) is 6.76. The van der Waals surface area contributed by atoms with Gasteiger partial charge in [0.25, 0.3) is 0 Å². The molecule has 5 rings (SSSR count). The summed E-state index contributed by atoms with van der Waals surface area (Å²) in [6.07, 6.45) is 7.41. The highest BCUT2D eigenvalue weighted by atomic mass is 35.5. The number of fused-ring (bicyclic) bond motifs is 2. The van der Waals surface area contributed by atoms with Crippen molar-refractivity contribution in [1.29, 1.82) is 0 Å². The van der Waals surface area contributed by atoms with E-state index in [1.54, 1.807) is 12.5 Å². The summed E-state index contributed by atoms with van der Waals surface area (Å²) in [6, 6.07) is 5.65. The first-order valence-electron chi connectivity index (χ1n) is 10.6. The van der Waals surface area contributed by atoms with E-state index in [0.717, 1.165) is 35.1 Å². The van der Waals surface area contributed by atoms with E-state index in [4.69, 9.17) is 11.6 Å². The molecule has 1 atom stereocenters. The number of hydrogen-bond donors (Lipinski definition) is 3. The van der Waals surface area contributed by atoms with Gasteiger partial charge in [0, 0.05) is 37.3 Å². The third-order valence-electron chi connectivity index (χ3n) is 5.68. The Bertz CT molecular complexity index is 1420. The van der Waals surface area contributed by atoms with Gasteiger partial charge in [-0.25, -0.2) is 28.1 Å². The van der Waals surface area contributed by atoms with Gasteiger partial charge < -0.3 is 15.2 Å². The lowest BCUT2D eigenvalue weighted by Gasteiger charge is -2.24. The highest BCUT2D eigenvalue weighted by Gasteiger charge is 2.28. The molecule has 0 amide bonds. The zero-order chi connectivity index (χ0) is 23.0. The molecule has 0 saturated carbocycles. The van der Waals surface area contributed by atoms with Crippen molar-refractivity contribution in [2.24, 2.45) is 0 Å². The number of imidazole rings is 1. The SMILES string of the molecule is CS(=O)(=O)NC1CCN(c2c(CCNc3ncnc4[nH]cnc34)cc(Cl)c3cccnc23)C1. The molecule has 1 aromatic carbocycles. The van der Waals surface area contributed by atoms with Crippen LogP contribution in [0.3, 0.4) is 0 Å². The van der Waals surface area contributed by atoms with Crippen LogP contribution in [0.15, 0.2) is 37.1 Å². The summed E-state index contributed by atoms with van der Waals surface area (Å²) in [4.78, 5) is 22.5. The van der Waals surface area contributed by atoms with Crippen molar-refractivity contribution in [3.8, 4) is 0 Å². The average molecular weight is 487 g/mol. The van der Waals surface area contributed by atoms with Crippen LogP contribution < -0.4 is 14.9 Å². The van der Waals surface area contributed by atoms with E-state index in [-0.39, 0.29) is 6.04 Å². The summed E-state index contributed by atoms with van der Waals surface area (Å²) < 4.78 is 26.2. The first-order chi connectivity index (χ1) is 15.9. The van der Waals surface area contributed by atoms with Crippen molar-refractivity contribution in [2.45, 2.75) is 18.9 Å². The van der Waals surface area contributed by atoms with Gasteiger partial charge in [0.1, 0.15) is 11.8 Å². The van der Waals surface area contributed by atoms with Gasteiger partial charge in [-0.2, -0.15) is 0 Å². The molecule has 3 aromatic heterocycles. The molecule has 0 aliphatic carbocycles. The minimum Gasteiger partial charge on any atom is -0.368 e. The topological polar surface area (TPSA) is 129 Å². The summed E-state index contributed by atoms with van der Waals surface area (Å²) in [7, 11) is -3.27. The zero-order valence-electron chi connectivity index (χ0n) is 17.9. The molecule has 4 heterocycles. The Morgan fingerprint density at radius 3 is 2.97 bits per heavy atom. The largest absolute Gasteiger partial charge is 0.368 e. The van der Waals surface area contributed by atoms with Gasteiger partial charge in [0.05, 0.1) is 28.8 Å². The summed E-state index contributed by atoms with van der Waals surface area (Å²) >= 11 is 6.61. The first kappa shape index (κ1) is 21.8. The number of pyridine rings is 1. The van der Waals surface area contributed by atoms with Crippen LogP contribution in [0.25, 0.3) is 22.1 Å². The smallest absolute Gasteiger partial charge is 0.209 e. The molecule has 172 valence electrons. The molecule has 0 radical (unpaired) electrons. The Morgan fingerprint density at radius 2 is 2.12 bits per heavy atom. The molecule has 3 N–H and O–H groups in total. The fraction of sp³-hybridized carbons (Fsp3) is 0.333. The number of rotatable bonds is 7. The van der Waals surface area contributed by atoms with Crippen LogP contribution in [-0.2, 0) is 16.4 Å². The van der Waals surface area contributed by atoms with Crippen molar-refractivity contribution in [2.75, 3.05) is 36.1 Å². The number of nitrogens with zero attached hydrogens (tertiary/aromatic N) is 5. The average Bonchev–Trinajstić information content (AvgIpc) is 3.43. The van der Waals surface area contributed by atoms with Crippen LogP contribution >= 0.6 is 11.6 Å². The van der Waals surface area contributed by atoms with Gasteiger partial charge in [0.15, 0.2) is 11.5 Å². The maximum Gasteiger partial charge on any atom is 0.209 e. The standard InChI is InChI=1S/C21H23ClN8O2S/c1-33(31,32)29-14-5-8-30(10-14)19-13(9-16(22)15-3-2-6-23-17(15)19)4-7-24-20-18-21(26-11-25-18)28-12-27-20/h2-3,6,9,11-12,14,29H,4-5,7-8,10H2,1H3,(H2,24,25,26,27,28). The second kappa shape index (κ2) is 8.73. The van der Waals surface area contributed by atoms with Crippen molar-refractivity contribution in [3.63, 3.8) is 0 Å². The Labute approximate surface area is 195 Å². The number of sulfonamides is 1. The minimum atomic E-state index is -3.27. The third kappa shape index (κ3) is 4.56. The predicted octanol–water partition coefficient (Wildman–Crippen LogP) is 2.34. The van der Waals surface area contributed by atoms with E-state index in [1.807, 2.05) is 18.2 Å². The molecule has 0 bridgehead atoms. The van der Waals surface area contributed by atoms with Gasteiger partial charge in [-0.05, 0) is 36.6 Å². The maximum atomic E-state index is 11.7. The van der Waals surface area contributed by atoms with E-state index in [2.05, 4.69) is 39.9 Å². The predicted molar refractivity (Wildman–Crippen MR) is 129 cm³/mol. The van der Waals surface area contributed by atoms with E-state index in [0.29, 0.717) is 41.5 Å². The summed E-state index contributed by atoms with van der Waals surface area (Å²) in [5.74, 6) is 0.659. The lowest BCUT2D eigenvalue weighted by molar-refractivity contribution is 0.567. The molecule has 12 heteroatoms. The first-order valence-corrected chi connectivity index (χ1v) is 12.8. The fourth-order valence-corrected chi connectivity index (χ4v) is 5.44. The van der Waals surface area contributed by atoms with Crippen molar-refractivity contribution < 1.29 is 8.42 Å². The Hall–Kier alpha value is -3.02. The highest BCUT2D eigenvalue weighted by molar-refractivity contribution is 7.88. The number of H-pyrrole nitrogens is 1. The number of nitrogens with one attached hydrogen (secondary N) is 3. The van der Waals surface area contributed by atoms with E-state index >= 15 is 0 Å². The van der Waals surface area contributed by atoms with Crippen LogP contribution in [0, 0.1) is 0 Å². The number of anilines is 2. The second-order valence-electron chi connectivity index (χ2n) is 8.09. The van der Waals surface area contributed by atoms with E-state index in [1.165, 1.54) is 12.6 Å². The van der Waals surface area contributed by atoms with Crippen LogP contribution in [-0.4, -0.2) is 65.3 Å². The van der Waals surface area contributed by atoms with Crippen LogP contribution in [0.1, 0.15) is 12.0 Å². The monoisotopic (exact) mass is 486 g/mol. The molecule has 1 unspecified atom stereocenters. The molecule has 10 nitrogen and oxygen atoms in total. The molecule has 4 aromatic rings. The second-order valence-corrected chi connectivity index (χ2v) is 10.3. The van der Waals surface area contributed by atoms with Gasteiger partial charge in [-0.1, -0.05) is 11.6 Å². The quantitative estimate of drug-likeness (QED) is 0.363. The lowest BCUT2D eigenvalue weighted by Crippen LogP contribution is -2.36. The van der Waals surface area contributed by atoms with Gasteiger partial charge >= 0.3 is 0 Å². The number of benzene rings is 1. The minimum absolute atomic E-state index is 0.144. The maximum absolute atomic E-state index is 11.7. The molecular weight excluding hydrogens is 464 g/mol. The van der Waals surface area contributed by atoms with Gasteiger partial charge in [-0.3, -0.25) is 4.98 Å². The Kier molecular flexibility index (Phi) is 5.77. The summed E-state index contributed by atoms with van der Waals surface area (Å²) in [5.41, 5.74) is 4.20. The van der Waals surface area contributed by atoms with E-state index < -0.39 is 10.0 Å². The zero-order valence-corrected chi connectivity index (χ0v) is 19.5. The van der Waals surface area contributed by atoms with Crippen molar-refractivity contribution >= 4 is 55.2 Å². The normalized spacial score (nSPS) is 16.7. The molecule has 1 aliphatic rings. The Morgan fingerprint density at radius 1 is 1.24 bits per heavy atom. The van der Waals surface area contributed by atoms with Crippen molar-refractivity contribution in [1.82, 2.24) is 29.6 Å². The number of aromatic amines is 1.